The van der Waals surface area contributed by atoms with Crippen LogP contribution in [0.5, 0.6) is 17.2 Å². The Morgan fingerprint density at radius 3 is 2.94 bits per heavy atom. The maximum atomic E-state index is 10.0. The molecule has 0 amide bonds. The summed E-state index contributed by atoms with van der Waals surface area (Å²) in [5.74, 6) is 1.75. The van der Waals surface area contributed by atoms with Crippen LogP contribution in [-0.2, 0) is 4.74 Å². The van der Waals surface area contributed by atoms with E-state index in [1.54, 1.807) is 19.2 Å². The molecule has 1 aromatic rings. The lowest BCUT2D eigenvalue weighted by molar-refractivity contribution is 0.0362. The lowest BCUT2D eigenvalue weighted by Crippen LogP contribution is -2.08. The highest BCUT2D eigenvalue weighted by molar-refractivity contribution is 5.55. The Kier molecular flexibility index (Phi) is 4.28. The van der Waals surface area contributed by atoms with Gasteiger partial charge in [-0.25, -0.2) is 0 Å². The van der Waals surface area contributed by atoms with E-state index < -0.39 is 6.10 Å². The fourth-order valence-electron chi connectivity index (χ4n) is 1.78. The van der Waals surface area contributed by atoms with Gasteiger partial charge in [-0.15, -0.1) is 0 Å². The predicted molar refractivity (Wildman–Crippen MR) is 65.2 cm³/mol. The largest absolute Gasteiger partial charge is 0.493 e. The first-order chi connectivity index (χ1) is 8.76. The van der Waals surface area contributed by atoms with Gasteiger partial charge in [0.1, 0.15) is 6.10 Å². The van der Waals surface area contributed by atoms with Gasteiger partial charge in [0.25, 0.3) is 0 Å². The number of rotatable bonds is 6. The van der Waals surface area contributed by atoms with Crippen LogP contribution in [0, 0.1) is 0 Å². The second-order valence-corrected chi connectivity index (χ2v) is 4.05. The number of fused-ring (bicyclic) bond motifs is 1. The molecule has 1 aliphatic heterocycles. The van der Waals surface area contributed by atoms with Crippen LogP contribution in [0.2, 0.25) is 0 Å². The molecule has 0 spiro atoms. The third-order valence-electron chi connectivity index (χ3n) is 2.69. The molecule has 18 heavy (non-hydrogen) atoms. The summed E-state index contributed by atoms with van der Waals surface area (Å²) >= 11 is 0. The first kappa shape index (κ1) is 13.0. The van der Waals surface area contributed by atoms with E-state index in [1.807, 2.05) is 6.92 Å². The monoisotopic (exact) mass is 254 g/mol. The fraction of sp³-hybridized carbons (Fsp3) is 0.538. The molecule has 5 nitrogen and oxygen atoms in total. The molecule has 0 aliphatic carbocycles. The van der Waals surface area contributed by atoms with Gasteiger partial charge in [-0.2, -0.15) is 0 Å². The minimum atomic E-state index is -0.694. The van der Waals surface area contributed by atoms with Crippen molar-refractivity contribution in [2.75, 3.05) is 27.1 Å². The highest BCUT2D eigenvalue weighted by Crippen LogP contribution is 2.42. The molecule has 1 N–H and O–H groups in total. The molecule has 0 saturated carbocycles. The Morgan fingerprint density at radius 2 is 2.22 bits per heavy atom. The van der Waals surface area contributed by atoms with E-state index in [2.05, 4.69) is 0 Å². The molecular formula is C13H18O5. The third kappa shape index (κ3) is 2.68. The average Bonchev–Trinajstić information content (AvgIpc) is 2.85. The zero-order valence-corrected chi connectivity index (χ0v) is 10.6. The molecule has 0 bridgehead atoms. The van der Waals surface area contributed by atoms with Crippen LogP contribution in [-0.4, -0.2) is 32.2 Å². The second kappa shape index (κ2) is 5.93. The molecule has 1 aliphatic rings. The van der Waals surface area contributed by atoms with Crippen molar-refractivity contribution in [3.63, 3.8) is 0 Å². The lowest BCUT2D eigenvalue weighted by Gasteiger charge is -2.13. The predicted octanol–water partition coefficient (Wildman–Crippen LogP) is 1.88. The van der Waals surface area contributed by atoms with Crippen LogP contribution in [0.15, 0.2) is 12.1 Å². The number of ether oxygens (including phenoxy) is 4. The standard InChI is InChI=1S/C13H18O5/c1-3-4-16-7-10(14)9-5-11(15-2)13-12(6-9)17-8-18-13/h5-6,10,14H,3-4,7-8H2,1-2H3. The van der Waals surface area contributed by atoms with Crippen molar-refractivity contribution in [3.8, 4) is 17.2 Å². The Hall–Kier alpha value is -1.46. The summed E-state index contributed by atoms with van der Waals surface area (Å²) in [5.41, 5.74) is 0.701. The Bertz CT molecular complexity index is 405. The molecule has 100 valence electrons. The quantitative estimate of drug-likeness (QED) is 0.785. The molecule has 1 aromatic carbocycles. The minimum Gasteiger partial charge on any atom is -0.493 e. The van der Waals surface area contributed by atoms with Crippen molar-refractivity contribution in [2.45, 2.75) is 19.4 Å². The maximum absolute atomic E-state index is 10.0. The van der Waals surface area contributed by atoms with Gasteiger partial charge >= 0.3 is 0 Å². The molecule has 2 rings (SSSR count). The first-order valence-electron chi connectivity index (χ1n) is 5.99. The summed E-state index contributed by atoms with van der Waals surface area (Å²) in [4.78, 5) is 0. The van der Waals surface area contributed by atoms with Crippen LogP contribution < -0.4 is 14.2 Å². The van der Waals surface area contributed by atoms with Gasteiger partial charge in [0.15, 0.2) is 11.5 Å². The third-order valence-corrected chi connectivity index (χ3v) is 2.69. The maximum Gasteiger partial charge on any atom is 0.231 e. The van der Waals surface area contributed by atoms with Crippen molar-refractivity contribution in [3.05, 3.63) is 17.7 Å². The van der Waals surface area contributed by atoms with Crippen molar-refractivity contribution in [1.29, 1.82) is 0 Å². The number of aliphatic hydroxyl groups is 1. The Labute approximate surface area is 106 Å². The van der Waals surface area contributed by atoms with E-state index in [9.17, 15) is 5.11 Å². The van der Waals surface area contributed by atoms with Gasteiger partial charge < -0.3 is 24.1 Å². The van der Waals surface area contributed by atoms with E-state index >= 15 is 0 Å². The molecule has 0 radical (unpaired) electrons. The summed E-state index contributed by atoms with van der Waals surface area (Å²) in [7, 11) is 1.56. The molecule has 5 heteroatoms. The van der Waals surface area contributed by atoms with Gasteiger partial charge in [0.05, 0.1) is 13.7 Å². The smallest absolute Gasteiger partial charge is 0.231 e. The normalized spacial score (nSPS) is 14.6. The van der Waals surface area contributed by atoms with Gasteiger partial charge in [-0.05, 0) is 24.1 Å². The topological polar surface area (TPSA) is 57.2 Å². The van der Waals surface area contributed by atoms with Crippen molar-refractivity contribution >= 4 is 0 Å². The summed E-state index contributed by atoms with van der Waals surface area (Å²) in [5, 5.41) is 10.0. The van der Waals surface area contributed by atoms with Gasteiger partial charge in [-0.1, -0.05) is 6.92 Å². The van der Waals surface area contributed by atoms with E-state index in [0.717, 1.165) is 6.42 Å². The number of benzene rings is 1. The number of methoxy groups -OCH3 is 1. The van der Waals surface area contributed by atoms with E-state index in [1.165, 1.54) is 0 Å². The van der Waals surface area contributed by atoms with Crippen molar-refractivity contribution < 1.29 is 24.1 Å². The lowest BCUT2D eigenvalue weighted by atomic mass is 10.1. The number of hydrogen-bond acceptors (Lipinski definition) is 5. The summed E-state index contributed by atoms with van der Waals surface area (Å²) in [6, 6.07) is 3.50. The van der Waals surface area contributed by atoms with Gasteiger partial charge in [0.2, 0.25) is 12.5 Å². The zero-order valence-electron chi connectivity index (χ0n) is 10.6. The molecule has 1 unspecified atom stereocenters. The summed E-state index contributed by atoms with van der Waals surface area (Å²) in [6.07, 6.45) is 0.233. The fourth-order valence-corrected chi connectivity index (χ4v) is 1.78. The van der Waals surface area contributed by atoms with Gasteiger partial charge in [0, 0.05) is 6.61 Å². The van der Waals surface area contributed by atoms with Crippen LogP contribution >= 0.6 is 0 Å². The molecular weight excluding hydrogens is 236 g/mol. The van der Waals surface area contributed by atoms with E-state index in [-0.39, 0.29) is 13.4 Å². The molecule has 0 fully saturated rings. The Morgan fingerprint density at radius 1 is 1.39 bits per heavy atom. The van der Waals surface area contributed by atoms with Crippen LogP contribution in [0.25, 0.3) is 0 Å². The number of aliphatic hydroxyl groups excluding tert-OH is 1. The Balaban J connectivity index is 2.13. The van der Waals surface area contributed by atoms with E-state index in [0.29, 0.717) is 29.4 Å². The van der Waals surface area contributed by atoms with Crippen LogP contribution in [0.4, 0.5) is 0 Å². The van der Waals surface area contributed by atoms with Crippen LogP contribution in [0.1, 0.15) is 25.0 Å². The van der Waals surface area contributed by atoms with E-state index in [4.69, 9.17) is 18.9 Å². The molecule has 0 aromatic heterocycles. The highest BCUT2D eigenvalue weighted by atomic mass is 16.7. The zero-order chi connectivity index (χ0) is 13.0. The first-order valence-corrected chi connectivity index (χ1v) is 5.99. The highest BCUT2D eigenvalue weighted by Gasteiger charge is 2.22. The summed E-state index contributed by atoms with van der Waals surface area (Å²) < 4.78 is 21.1. The molecule has 0 saturated heterocycles. The molecule has 1 atom stereocenters. The number of hydrogen-bond donors (Lipinski definition) is 1. The minimum absolute atomic E-state index is 0.178. The van der Waals surface area contributed by atoms with Crippen LogP contribution in [0.3, 0.4) is 0 Å². The van der Waals surface area contributed by atoms with Crippen molar-refractivity contribution in [1.82, 2.24) is 0 Å². The SMILES string of the molecule is CCCOCC(O)c1cc(OC)c2c(c1)OCO2. The van der Waals surface area contributed by atoms with Gasteiger partial charge in [-0.3, -0.25) is 0 Å². The van der Waals surface area contributed by atoms with Crippen molar-refractivity contribution in [2.24, 2.45) is 0 Å². The molecule has 1 heterocycles. The second-order valence-electron chi connectivity index (χ2n) is 4.05. The summed E-state index contributed by atoms with van der Waals surface area (Å²) in [6.45, 7) is 3.10. The average molecular weight is 254 g/mol.